The molecule has 0 bridgehead atoms. The van der Waals surface area contributed by atoms with Crippen molar-refractivity contribution in [3.05, 3.63) is 11.1 Å². The Bertz CT molecular complexity index is 430. The minimum atomic E-state index is -0.265. The smallest absolute Gasteiger partial charge is 0.309 e. The van der Waals surface area contributed by atoms with Crippen LogP contribution >= 0.6 is 0 Å². The van der Waals surface area contributed by atoms with Gasteiger partial charge in [0.25, 0.3) is 0 Å². The lowest BCUT2D eigenvalue weighted by atomic mass is 9.92. The number of ether oxygens (including phenoxy) is 2. The summed E-state index contributed by atoms with van der Waals surface area (Å²) >= 11 is 0. The minimum absolute atomic E-state index is 0.240. The number of rotatable bonds is 20. The third-order valence-electron chi connectivity index (χ3n) is 5.44. The molecule has 0 radical (unpaired) electrons. The van der Waals surface area contributed by atoms with E-state index in [2.05, 4.69) is 0 Å². The van der Waals surface area contributed by atoms with Gasteiger partial charge in [0.1, 0.15) is 0 Å². The highest BCUT2D eigenvalue weighted by Gasteiger charge is 2.15. The van der Waals surface area contributed by atoms with Crippen molar-refractivity contribution >= 4 is 11.9 Å². The highest BCUT2D eigenvalue weighted by molar-refractivity contribution is 5.75. The van der Waals surface area contributed by atoms with E-state index >= 15 is 0 Å². The van der Waals surface area contributed by atoms with E-state index in [-0.39, 0.29) is 38.0 Å². The standard InChI is InChI=1S/C24H44O6/c1-29-23(27)19-21(15-11-7-3-5-9-13-17-25)22(20-24(28)30-2)16-12-8-4-6-10-14-18-26/h25-26H,3-20H2,1-2H3. The third kappa shape index (κ3) is 16.4. The monoisotopic (exact) mass is 428 g/mol. The van der Waals surface area contributed by atoms with Gasteiger partial charge in [0.05, 0.1) is 27.1 Å². The number of hydrogen-bond donors (Lipinski definition) is 2. The Hall–Kier alpha value is -1.40. The SMILES string of the molecule is COC(=O)CC(CCCCCCCCO)=C(CCCCCCCCO)CC(=O)OC. The summed E-state index contributed by atoms with van der Waals surface area (Å²) in [4.78, 5) is 23.9. The Morgan fingerprint density at radius 2 is 0.833 bits per heavy atom. The largest absolute Gasteiger partial charge is 0.469 e. The van der Waals surface area contributed by atoms with Gasteiger partial charge in [0.2, 0.25) is 0 Å². The number of aliphatic hydroxyl groups excluding tert-OH is 2. The van der Waals surface area contributed by atoms with Crippen LogP contribution in [-0.2, 0) is 19.1 Å². The lowest BCUT2D eigenvalue weighted by Gasteiger charge is -2.15. The van der Waals surface area contributed by atoms with E-state index < -0.39 is 0 Å². The lowest BCUT2D eigenvalue weighted by molar-refractivity contribution is -0.141. The quantitative estimate of drug-likeness (QED) is 0.163. The van der Waals surface area contributed by atoms with Crippen LogP contribution in [0.3, 0.4) is 0 Å². The molecule has 176 valence electrons. The number of esters is 2. The van der Waals surface area contributed by atoms with Crippen molar-refractivity contribution in [3.8, 4) is 0 Å². The molecule has 0 aromatic carbocycles. The second-order valence-electron chi connectivity index (χ2n) is 7.90. The maximum atomic E-state index is 11.9. The molecule has 0 saturated heterocycles. The number of hydrogen-bond acceptors (Lipinski definition) is 6. The molecular weight excluding hydrogens is 384 g/mol. The van der Waals surface area contributed by atoms with Crippen LogP contribution in [0.1, 0.15) is 103 Å². The van der Waals surface area contributed by atoms with Crippen LogP contribution in [-0.4, -0.2) is 49.6 Å². The van der Waals surface area contributed by atoms with Crippen molar-refractivity contribution in [1.82, 2.24) is 0 Å². The van der Waals surface area contributed by atoms with E-state index in [0.29, 0.717) is 0 Å². The van der Waals surface area contributed by atoms with Crippen molar-refractivity contribution in [2.45, 2.75) is 103 Å². The molecule has 0 heterocycles. The minimum Gasteiger partial charge on any atom is -0.469 e. The van der Waals surface area contributed by atoms with Crippen LogP contribution in [0, 0.1) is 0 Å². The van der Waals surface area contributed by atoms with Crippen LogP contribution < -0.4 is 0 Å². The molecule has 30 heavy (non-hydrogen) atoms. The van der Waals surface area contributed by atoms with Gasteiger partial charge in [-0.2, -0.15) is 0 Å². The maximum absolute atomic E-state index is 11.9. The first kappa shape index (κ1) is 28.6. The average Bonchev–Trinajstić information content (AvgIpc) is 2.75. The summed E-state index contributed by atoms with van der Waals surface area (Å²) in [5.41, 5.74) is 2.06. The molecule has 0 spiro atoms. The van der Waals surface area contributed by atoms with Crippen molar-refractivity contribution in [2.24, 2.45) is 0 Å². The molecular formula is C24H44O6. The summed E-state index contributed by atoms with van der Waals surface area (Å²) in [6.45, 7) is 0.509. The molecule has 2 N–H and O–H groups in total. The molecule has 0 aromatic rings. The van der Waals surface area contributed by atoms with Crippen LogP contribution in [0.5, 0.6) is 0 Å². The zero-order valence-electron chi connectivity index (χ0n) is 19.3. The first-order valence-electron chi connectivity index (χ1n) is 11.6. The fourth-order valence-electron chi connectivity index (χ4n) is 3.59. The average molecular weight is 429 g/mol. The first-order valence-corrected chi connectivity index (χ1v) is 11.6. The fourth-order valence-corrected chi connectivity index (χ4v) is 3.59. The zero-order valence-corrected chi connectivity index (χ0v) is 19.3. The van der Waals surface area contributed by atoms with Crippen LogP contribution in [0.15, 0.2) is 11.1 Å². The molecule has 0 aliphatic carbocycles. The normalized spacial score (nSPS) is 11.9. The van der Waals surface area contributed by atoms with Gasteiger partial charge < -0.3 is 19.7 Å². The zero-order chi connectivity index (χ0) is 22.5. The Kier molecular flexibility index (Phi) is 19.9. The number of carbonyl (C=O) groups excluding carboxylic acids is 2. The van der Waals surface area contributed by atoms with Crippen LogP contribution in [0.4, 0.5) is 0 Å². The van der Waals surface area contributed by atoms with E-state index in [9.17, 15) is 9.59 Å². The molecule has 0 unspecified atom stereocenters. The predicted octanol–water partition coefficient (Wildman–Crippen LogP) is 4.86. The second kappa shape index (κ2) is 20.9. The molecule has 6 nitrogen and oxygen atoms in total. The fraction of sp³-hybridized carbons (Fsp3) is 0.833. The van der Waals surface area contributed by atoms with Gasteiger partial charge in [-0.3, -0.25) is 9.59 Å². The Morgan fingerprint density at radius 3 is 1.13 bits per heavy atom. The van der Waals surface area contributed by atoms with Gasteiger partial charge in [-0.15, -0.1) is 0 Å². The Labute approximate surface area is 183 Å². The second-order valence-corrected chi connectivity index (χ2v) is 7.90. The van der Waals surface area contributed by atoms with Crippen LogP contribution in [0.25, 0.3) is 0 Å². The summed E-state index contributed by atoms with van der Waals surface area (Å²) in [6.07, 6.45) is 14.5. The summed E-state index contributed by atoms with van der Waals surface area (Å²) in [5, 5.41) is 17.7. The van der Waals surface area contributed by atoms with Crippen molar-refractivity contribution in [2.75, 3.05) is 27.4 Å². The first-order chi connectivity index (χ1) is 14.6. The molecule has 0 aliphatic heterocycles. The Balaban J connectivity index is 4.82. The summed E-state index contributed by atoms with van der Waals surface area (Å²) in [6, 6.07) is 0. The molecule has 0 amide bonds. The van der Waals surface area contributed by atoms with E-state index in [4.69, 9.17) is 19.7 Å². The number of methoxy groups -OCH3 is 2. The third-order valence-corrected chi connectivity index (χ3v) is 5.44. The van der Waals surface area contributed by atoms with E-state index in [0.717, 1.165) is 101 Å². The maximum Gasteiger partial charge on any atom is 0.309 e. The molecule has 0 fully saturated rings. The summed E-state index contributed by atoms with van der Waals surface area (Å²) in [5.74, 6) is -0.529. The molecule has 0 atom stereocenters. The van der Waals surface area contributed by atoms with Crippen LogP contribution in [0.2, 0.25) is 0 Å². The molecule has 0 aromatic heterocycles. The number of unbranched alkanes of at least 4 members (excludes halogenated alkanes) is 10. The van der Waals surface area contributed by atoms with Gasteiger partial charge in [-0.05, 0) is 38.5 Å². The predicted molar refractivity (Wildman–Crippen MR) is 119 cm³/mol. The van der Waals surface area contributed by atoms with Gasteiger partial charge >= 0.3 is 11.9 Å². The van der Waals surface area contributed by atoms with E-state index in [1.165, 1.54) is 14.2 Å². The molecule has 0 saturated carbocycles. The van der Waals surface area contributed by atoms with Gasteiger partial charge in [0.15, 0.2) is 0 Å². The van der Waals surface area contributed by atoms with Gasteiger partial charge in [0, 0.05) is 13.2 Å². The summed E-state index contributed by atoms with van der Waals surface area (Å²) < 4.78 is 9.76. The van der Waals surface area contributed by atoms with Crippen molar-refractivity contribution in [3.63, 3.8) is 0 Å². The topological polar surface area (TPSA) is 93.1 Å². The molecule has 0 rings (SSSR count). The van der Waals surface area contributed by atoms with E-state index in [1.807, 2.05) is 0 Å². The van der Waals surface area contributed by atoms with E-state index in [1.54, 1.807) is 0 Å². The summed E-state index contributed by atoms with van der Waals surface area (Å²) in [7, 11) is 2.79. The van der Waals surface area contributed by atoms with Gasteiger partial charge in [-0.25, -0.2) is 0 Å². The van der Waals surface area contributed by atoms with Crippen molar-refractivity contribution < 1.29 is 29.3 Å². The van der Waals surface area contributed by atoms with Gasteiger partial charge in [-0.1, -0.05) is 62.5 Å². The highest BCUT2D eigenvalue weighted by Crippen LogP contribution is 2.26. The molecule has 6 heteroatoms. The highest BCUT2D eigenvalue weighted by atomic mass is 16.5. The van der Waals surface area contributed by atoms with Crippen molar-refractivity contribution in [1.29, 1.82) is 0 Å². The Morgan fingerprint density at radius 1 is 0.533 bits per heavy atom. The lowest BCUT2D eigenvalue weighted by Crippen LogP contribution is -2.09. The molecule has 0 aliphatic rings. The number of aliphatic hydroxyl groups is 2. The number of carbonyl (C=O) groups is 2.